The molecule has 0 radical (unpaired) electrons. The minimum absolute atomic E-state index is 0.276. The highest BCUT2D eigenvalue weighted by molar-refractivity contribution is 5.90. The molecular weight excluding hydrogens is 256 g/mol. The summed E-state index contributed by atoms with van der Waals surface area (Å²) in [5, 5.41) is 7.42. The summed E-state index contributed by atoms with van der Waals surface area (Å²) in [4.78, 5) is 14.3. The van der Waals surface area contributed by atoms with E-state index >= 15 is 0 Å². The molecule has 1 aromatic rings. The lowest BCUT2D eigenvalue weighted by Gasteiger charge is -2.17. The number of aryl methyl sites for hydroxylation is 1. The number of hydrogen-bond donors (Lipinski definition) is 1. The normalized spacial score (nSPS) is 19.4. The van der Waals surface area contributed by atoms with Gasteiger partial charge in [-0.2, -0.15) is 5.10 Å². The molecule has 6 nitrogen and oxygen atoms in total. The lowest BCUT2D eigenvalue weighted by molar-refractivity contribution is 0.0524. The fourth-order valence-corrected chi connectivity index (χ4v) is 2.75. The van der Waals surface area contributed by atoms with Gasteiger partial charge in [-0.15, -0.1) is 0 Å². The molecule has 1 aliphatic rings. The van der Waals surface area contributed by atoms with E-state index in [0.29, 0.717) is 18.1 Å². The molecular formula is C14H24N4O2. The first kappa shape index (κ1) is 15.0. The molecule has 0 aliphatic carbocycles. The van der Waals surface area contributed by atoms with Gasteiger partial charge in [-0.3, -0.25) is 9.58 Å². The quantitative estimate of drug-likeness (QED) is 0.775. The van der Waals surface area contributed by atoms with Crippen molar-refractivity contribution in [3.8, 4) is 0 Å². The average Bonchev–Trinajstić information content (AvgIpc) is 2.99. The largest absolute Gasteiger partial charge is 0.462 e. The monoisotopic (exact) mass is 280 g/mol. The predicted octanol–water partition coefficient (Wildman–Crippen LogP) is 0.638. The molecule has 0 saturated carbocycles. The summed E-state index contributed by atoms with van der Waals surface area (Å²) in [6, 6.07) is 0. The molecule has 0 spiro atoms. The van der Waals surface area contributed by atoms with Gasteiger partial charge in [0.05, 0.1) is 18.5 Å². The van der Waals surface area contributed by atoms with E-state index in [1.54, 1.807) is 10.9 Å². The van der Waals surface area contributed by atoms with Crippen molar-refractivity contribution >= 4 is 5.97 Å². The van der Waals surface area contributed by atoms with Gasteiger partial charge in [-0.05, 0) is 39.4 Å². The molecule has 20 heavy (non-hydrogen) atoms. The third kappa shape index (κ3) is 3.37. The smallest absolute Gasteiger partial charge is 0.341 e. The fraction of sp³-hybridized carbons (Fsp3) is 0.714. The van der Waals surface area contributed by atoms with Gasteiger partial charge in [0.15, 0.2) is 0 Å². The van der Waals surface area contributed by atoms with Crippen molar-refractivity contribution in [2.75, 3.05) is 33.3 Å². The highest BCUT2D eigenvalue weighted by atomic mass is 16.5. The topological polar surface area (TPSA) is 59.4 Å². The van der Waals surface area contributed by atoms with E-state index in [0.717, 1.165) is 31.9 Å². The van der Waals surface area contributed by atoms with Crippen molar-refractivity contribution in [2.45, 2.75) is 19.9 Å². The minimum atomic E-state index is -0.276. The third-order valence-electron chi connectivity index (χ3n) is 3.79. The number of carbonyl (C=O) groups excluding carboxylic acids is 1. The van der Waals surface area contributed by atoms with E-state index in [1.165, 1.54) is 6.42 Å². The summed E-state index contributed by atoms with van der Waals surface area (Å²) in [6.07, 6.45) is 2.81. The Morgan fingerprint density at radius 1 is 1.60 bits per heavy atom. The van der Waals surface area contributed by atoms with Crippen molar-refractivity contribution in [3.05, 3.63) is 17.5 Å². The number of likely N-dealkylation sites (tertiary alicyclic amines) is 1. The summed E-state index contributed by atoms with van der Waals surface area (Å²) in [6.45, 7) is 6.14. The third-order valence-corrected chi connectivity index (χ3v) is 3.79. The zero-order valence-corrected chi connectivity index (χ0v) is 12.6. The van der Waals surface area contributed by atoms with Crippen LogP contribution in [0, 0.1) is 5.92 Å². The van der Waals surface area contributed by atoms with Crippen molar-refractivity contribution in [1.82, 2.24) is 20.0 Å². The van der Waals surface area contributed by atoms with Gasteiger partial charge in [0.2, 0.25) is 0 Å². The summed E-state index contributed by atoms with van der Waals surface area (Å²) >= 11 is 0. The van der Waals surface area contributed by atoms with Gasteiger partial charge in [-0.1, -0.05) is 0 Å². The lowest BCUT2D eigenvalue weighted by atomic mass is 10.1. The van der Waals surface area contributed by atoms with Crippen molar-refractivity contribution in [1.29, 1.82) is 0 Å². The Morgan fingerprint density at radius 2 is 2.40 bits per heavy atom. The molecule has 1 aromatic heterocycles. The molecule has 1 unspecified atom stereocenters. The molecule has 1 saturated heterocycles. The van der Waals surface area contributed by atoms with Crippen LogP contribution < -0.4 is 5.32 Å². The van der Waals surface area contributed by atoms with Crippen molar-refractivity contribution in [2.24, 2.45) is 13.0 Å². The summed E-state index contributed by atoms with van der Waals surface area (Å²) in [5.41, 5.74) is 1.53. The van der Waals surface area contributed by atoms with E-state index in [9.17, 15) is 4.79 Å². The highest BCUT2D eigenvalue weighted by Gasteiger charge is 2.25. The Morgan fingerprint density at radius 3 is 3.10 bits per heavy atom. The maximum atomic E-state index is 11.9. The van der Waals surface area contributed by atoms with Gasteiger partial charge in [-0.25, -0.2) is 4.79 Å². The van der Waals surface area contributed by atoms with Crippen LogP contribution in [-0.4, -0.2) is 53.9 Å². The second-order valence-corrected chi connectivity index (χ2v) is 5.30. The van der Waals surface area contributed by atoms with Crippen LogP contribution in [0.15, 0.2) is 6.20 Å². The van der Waals surface area contributed by atoms with Crippen molar-refractivity contribution < 1.29 is 9.53 Å². The first-order valence-electron chi connectivity index (χ1n) is 7.20. The van der Waals surface area contributed by atoms with Gasteiger partial charge in [0.1, 0.15) is 5.56 Å². The van der Waals surface area contributed by atoms with E-state index < -0.39 is 0 Å². The molecule has 1 N–H and O–H groups in total. The number of ether oxygens (including phenoxy) is 1. The number of rotatable bonds is 6. The first-order valence-corrected chi connectivity index (χ1v) is 7.20. The zero-order valence-electron chi connectivity index (χ0n) is 12.6. The molecule has 6 heteroatoms. The molecule has 2 rings (SSSR count). The summed E-state index contributed by atoms with van der Waals surface area (Å²) < 4.78 is 6.86. The molecule has 2 heterocycles. The van der Waals surface area contributed by atoms with Crippen LogP contribution in [-0.2, 0) is 18.3 Å². The number of aromatic nitrogens is 2. The van der Waals surface area contributed by atoms with Gasteiger partial charge < -0.3 is 10.1 Å². The molecule has 0 aromatic carbocycles. The molecule has 1 fully saturated rings. The van der Waals surface area contributed by atoms with Crippen LogP contribution in [0.1, 0.15) is 29.4 Å². The van der Waals surface area contributed by atoms with Crippen LogP contribution in [0.3, 0.4) is 0 Å². The second-order valence-electron chi connectivity index (χ2n) is 5.30. The minimum Gasteiger partial charge on any atom is -0.462 e. The Labute approximate surface area is 120 Å². The van der Waals surface area contributed by atoms with Gasteiger partial charge in [0, 0.05) is 20.1 Å². The second kappa shape index (κ2) is 6.85. The van der Waals surface area contributed by atoms with Crippen molar-refractivity contribution in [3.63, 3.8) is 0 Å². The summed E-state index contributed by atoms with van der Waals surface area (Å²) in [7, 11) is 3.86. The van der Waals surface area contributed by atoms with E-state index in [-0.39, 0.29) is 5.97 Å². The molecule has 0 bridgehead atoms. The number of hydrogen-bond acceptors (Lipinski definition) is 5. The van der Waals surface area contributed by atoms with E-state index in [4.69, 9.17) is 4.74 Å². The van der Waals surface area contributed by atoms with Crippen LogP contribution in [0.5, 0.6) is 0 Å². The number of esters is 1. The standard InChI is InChI=1S/C14H24N4O2/c1-4-20-14(19)12-8-16-17(3)13(12)10-18-6-5-11(9-18)7-15-2/h8,11,15H,4-7,9-10H2,1-3H3. The fourth-order valence-electron chi connectivity index (χ4n) is 2.75. The number of carbonyl (C=O) groups is 1. The molecule has 112 valence electrons. The molecule has 1 atom stereocenters. The van der Waals surface area contributed by atoms with Gasteiger partial charge >= 0.3 is 5.97 Å². The number of nitrogens with zero attached hydrogens (tertiary/aromatic N) is 3. The van der Waals surface area contributed by atoms with Gasteiger partial charge in [0.25, 0.3) is 0 Å². The van der Waals surface area contributed by atoms with E-state index in [2.05, 4.69) is 15.3 Å². The SMILES string of the molecule is CCOC(=O)c1cnn(C)c1CN1CCC(CNC)C1. The molecule has 1 aliphatic heterocycles. The first-order chi connectivity index (χ1) is 9.65. The Kier molecular flexibility index (Phi) is 5.14. The Bertz CT molecular complexity index is 458. The van der Waals surface area contributed by atoms with Crippen LogP contribution in [0.4, 0.5) is 0 Å². The Balaban J connectivity index is 2.02. The zero-order chi connectivity index (χ0) is 14.5. The molecule has 0 amide bonds. The highest BCUT2D eigenvalue weighted by Crippen LogP contribution is 2.20. The van der Waals surface area contributed by atoms with Crippen LogP contribution >= 0.6 is 0 Å². The number of nitrogens with one attached hydrogen (secondary N) is 1. The maximum Gasteiger partial charge on any atom is 0.341 e. The van der Waals surface area contributed by atoms with Crippen LogP contribution in [0.2, 0.25) is 0 Å². The summed E-state index contributed by atoms with van der Waals surface area (Å²) in [5.74, 6) is 0.417. The average molecular weight is 280 g/mol. The van der Waals surface area contributed by atoms with Crippen LogP contribution in [0.25, 0.3) is 0 Å². The lowest BCUT2D eigenvalue weighted by Crippen LogP contribution is -2.26. The predicted molar refractivity (Wildman–Crippen MR) is 76.5 cm³/mol. The maximum absolute atomic E-state index is 11.9. The Hall–Kier alpha value is -1.40. The van der Waals surface area contributed by atoms with E-state index in [1.807, 2.05) is 21.0 Å².